The fraction of sp³-hybridized carbons (Fsp3) is 0.545. The topological polar surface area (TPSA) is 67.6 Å². The van der Waals surface area contributed by atoms with Crippen LogP contribution in [0.3, 0.4) is 0 Å². The van der Waals surface area contributed by atoms with Gasteiger partial charge in [0.05, 0.1) is 24.9 Å². The molecular weight excluding hydrogens is 354 g/mol. The second kappa shape index (κ2) is 7.68. The molecule has 2 aromatic rings. The summed E-state index contributed by atoms with van der Waals surface area (Å²) < 4.78 is 6.79. The van der Waals surface area contributed by atoms with Crippen molar-refractivity contribution in [2.75, 3.05) is 7.11 Å². The van der Waals surface area contributed by atoms with E-state index in [9.17, 15) is 9.90 Å². The van der Waals surface area contributed by atoms with Gasteiger partial charge in [-0.2, -0.15) is 5.10 Å². The number of methoxy groups -OCH3 is 1. The second-order valence-electron chi connectivity index (χ2n) is 8.37. The molecule has 3 heterocycles. The number of ether oxygens (including phenoxy) is 1. The van der Waals surface area contributed by atoms with Crippen LogP contribution in [0.4, 0.5) is 0 Å². The number of benzene rings is 1. The number of hydrogen-bond acceptors (Lipinski definition) is 5. The Bertz CT molecular complexity index is 881. The molecule has 2 bridgehead atoms. The van der Waals surface area contributed by atoms with Crippen LogP contribution in [-0.2, 0) is 13.1 Å². The van der Waals surface area contributed by atoms with Gasteiger partial charge in [-0.1, -0.05) is 18.6 Å². The van der Waals surface area contributed by atoms with Gasteiger partial charge in [0.15, 0.2) is 0 Å². The molecule has 0 amide bonds. The zero-order valence-corrected chi connectivity index (χ0v) is 16.7. The van der Waals surface area contributed by atoms with Gasteiger partial charge in [0, 0.05) is 24.7 Å². The summed E-state index contributed by atoms with van der Waals surface area (Å²) in [4.78, 5) is 14.7. The van der Waals surface area contributed by atoms with Crippen molar-refractivity contribution in [2.45, 2.75) is 69.8 Å². The summed E-state index contributed by atoms with van der Waals surface area (Å²) in [6.45, 7) is 3.00. The fourth-order valence-electron chi connectivity index (χ4n) is 4.93. The average molecular weight is 383 g/mol. The third kappa shape index (κ3) is 3.98. The van der Waals surface area contributed by atoms with E-state index in [0.29, 0.717) is 24.9 Å². The third-order valence-corrected chi connectivity index (χ3v) is 6.19. The van der Waals surface area contributed by atoms with Gasteiger partial charge in [-0.05, 0) is 56.4 Å². The lowest BCUT2D eigenvalue weighted by molar-refractivity contribution is -0.105. The highest BCUT2D eigenvalue weighted by atomic mass is 16.5. The quantitative estimate of drug-likeness (QED) is 0.859. The van der Waals surface area contributed by atoms with Crippen LogP contribution in [0, 0.1) is 6.92 Å². The van der Waals surface area contributed by atoms with E-state index in [1.54, 1.807) is 13.2 Å². The van der Waals surface area contributed by atoms with Crippen LogP contribution in [-0.4, -0.2) is 44.6 Å². The third-order valence-electron chi connectivity index (χ3n) is 6.19. The molecule has 1 aromatic carbocycles. The molecule has 2 aliphatic heterocycles. The van der Waals surface area contributed by atoms with Crippen molar-refractivity contribution in [3.63, 3.8) is 0 Å². The summed E-state index contributed by atoms with van der Waals surface area (Å²) >= 11 is 0. The number of rotatable bonds is 5. The molecule has 150 valence electrons. The Kier molecular flexibility index (Phi) is 5.25. The molecule has 0 aliphatic carbocycles. The highest BCUT2D eigenvalue weighted by Gasteiger charge is 2.45. The SMILES string of the molecule is COc1cccc(CN2[C@@H]3CCC[C@@H]2CC(O)(Cn2nc(C)ccc2=O)C3)c1. The van der Waals surface area contributed by atoms with Gasteiger partial charge in [-0.25, -0.2) is 4.68 Å². The average Bonchev–Trinajstić information content (AvgIpc) is 2.66. The molecule has 2 saturated heterocycles. The summed E-state index contributed by atoms with van der Waals surface area (Å²) in [7, 11) is 1.69. The van der Waals surface area contributed by atoms with E-state index in [2.05, 4.69) is 22.1 Å². The molecule has 6 heteroatoms. The van der Waals surface area contributed by atoms with Crippen molar-refractivity contribution >= 4 is 0 Å². The first-order chi connectivity index (χ1) is 13.5. The molecule has 0 saturated carbocycles. The summed E-state index contributed by atoms with van der Waals surface area (Å²) in [5, 5.41) is 15.7. The minimum Gasteiger partial charge on any atom is -0.497 e. The lowest BCUT2D eigenvalue weighted by Gasteiger charge is -2.52. The number of aliphatic hydroxyl groups is 1. The largest absolute Gasteiger partial charge is 0.497 e. The van der Waals surface area contributed by atoms with Crippen LogP contribution in [0.25, 0.3) is 0 Å². The van der Waals surface area contributed by atoms with Crippen molar-refractivity contribution in [1.82, 2.24) is 14.7 Å². The van der Waals surface area contributed by atoms with Crippen LogP contribution < -0.4 is 10.3 Å². The minimum atomic E-state index is -0.884. The summed E-state index contributed by atoms with van der Waals surface area (Å²) in [5.41, 5.74) is 0.991. The second-order valence-corrected chi connectivity index (χ2v) is 8.37. The lowest BCUT2D eigenvalue weighted by Crippen LogP contribution is -2.59. The van der Waals surface area contributed by atoms with Crippen molar-refractivity contribution < 1.29 is 9.84 Å². The maximum absolute atomic E-state index is 12.2. The predicted octanol–water partition coefficient (Wildman–Crippen LogP) is 2.51. The number of piperidine rings is 2. The molecular formula is C22H29N3O3. The van der Waals surface area contributed by atoms with Crippen LogP contribution in [0.1, 0.15) is 43.4 Å². The van der Waals surface area contributed by atoms with Gasteiger partial charge in [-0.15, -0.1) is 0 Å². The molecule has 4 rings (SSSR count). The van der Waals surface area contributed by atoms with E-state index in [1.165, 1.54) is 22.7 Å². The molecule has 2 fully saturated rings. The van der Waals surface area contributed by atoms with Gasteiger partial charge >= 0.3 is 0 Å². The summed E-state index contributed by atoms with van der Waals surface area (Å²) in [6, 6.07) is 12.1. The molecule has 2 atom stereocenters. The molecule has 0 unspecified atom stereocenters. The Hall–Kier alpha value is -2.18. The van der Waals surface area contributed by atoms with E-state index < -0.39 is 5.60 Å². The maximum atomic E-state index is 12.2. The fourth-order valence-corrected chi connectivity index (χ4v) is 4.93. The molecule has 0 radical (unpaired) electrons. The van der Waals surface area contributed by atoms with Gasteiger partial charge < -0.3 is 9.84 Å². The van der Waals surface area contributed by atoms with E-state index in [-0.39, 0.29) is 12.1 Å². The van der Waals surface area contributed by atoms with Crippen molar-refractivity contribution in [3.8, 4) is 5.75 Å². The van der Waals surface area contributed by atoms with Crippen LogP contribution in [0.2, 0.25) is 0 Å². The number of aryl methyl sites for hydroxylation is 1. The monoisotopic (exact) mass is 383 g/mol. The van der Waals surface area contributed by atoms with Crippen LogP contribution in [0.5, 0.6) is 5.75 Å². The first-order valence-electron chi connectivity index (χ1n) is 10.1. The Morgan fingerprint density at radius 3 is 2.68 bits per heavy atom. The lowest BCUT2D eigenvalue weighted by atomic mass is 9.75. The standard InChI is InChI=1S/C22H29N3O3/c1-16-9-10-21(26)25(23-16)15-22(27)12-18-6-4-7-19(13-22)24(18)14-17-5-3-8-20(11-17)28-2/h3,5,8-11,18-19,27H,4,6-7,12-15H2,1-2H3/t18-,19-/m1/s1. The zero-order valence-electron chi connectivity index (χ0n) is 16.7. The van der Waals surface area contributed by atoms with Gasteiger partial charge in [0.25, 0.3) is 5.56 Å². The van der Waals surface area contributed by atoms with E-state index in [4.69, 9.17) is 4.74 Å². The van der Waals surface area contributed by atoms with E-state index >= 15 is 0 Å². The molecule has 2 aliphatic rings. The van der Waals surface area contributed by atoms with Gasteiger partial charge in [0.2, 0.25) is 0 Å². The smallest absolute Gasteiger partial charge is 0.266 e. The maximum Gasteiger partial charge on any atom is 0.266 e. The minimum absolute atomic E-state index is 0.150. The van der Waals surface area contributed by atoms with Gasteiger partial charge in [0.1, 0.15) is 5.75 Å². The first-order valence-corrected chi connectivity index (χ1v) is 10.1. The van der Waals surface area contributed by atoms with Crippen LogP contribution >= 0.6 is 0 Å². The Morgan fingerprint density at radius 2 is 1.96 bits per heavy atom. The zero-order chi connectivity index (χ0) is 19.7. The molecule has 0 spiro atoms. The normalized spacial score (nSPS) is 27.5. The summed E-state index contributed by atoms with van der Waals surface area (Å²) in [6.07, 6.45) is 4.71. The predicted molar refractivity (Wildman–Crippen MR) is 107 cm³/mol. The molecule has 1 N–H and O–H groups in total. The number of aromatic nitrogens is 2. The van der Waals surface area contributed by atoms with Crippen LogP contribution in [0.15, 0.2) is 41.2 Å². The number of fused-ring (bicyclic) bond motifs is 2. The number of hydrogen-bond donors (Lipinski definition) is 1. The molecule has 28 heavy (non-hydrogen) atoms. The number of nitrogens with zero attached hydrogens (tertiary/aromatic N) is 3. The first kappa shape index (κ1) is 19.2. The Morgan fingerprint density at radius 1 is 1.21 bits per heavy atom. The van der Waals surface area contributed by atoms with Gasteiger partial charge in [-0.3, -0.25) is 9.69 Å². The summed E-state index contributed by atoms with van der Waals surface area (Å²) in [5.74, 6) is 0.876. The Labute approximate surface area is 165 Å². The Balaban J connectivity index is 1.52. The van der Waals surface area contributed by atoms with Crippen molar-refractivity contribution in [1.29, 1.82) is 0 Å². The van der Waals surface area contributed by atoms with Crippen molar-refractivity contribution in [2.24, 2.45) is 0 Å². The van der Waals surface area contributed by atoms with Crippen molar-refractivity contribution in [3.05, 3.63) is 58.0 Å². The molecule has 6 nitrogen and oxygen atoms in total. The highest BCUT2D eigenvalue weighted by molar-refractivity contribution is 5.28. The highest BCUT2D eigenvalue weighted by Crippen LogP contribution is 2.40. The molecule has 1 aromatic heterocycles. The van der Waals surface area contributed by atoms with E-state index in [1.807, 2.05) is 19.1 Å². The van der Waals surface area contributed by atoms with E-state index in [0.717, 1.165) is 30.8 Å².